The van der Waals surface area contributed by atoms with E-state index in [1.807, 2.05) is 25.3 Å². The predicted octanol–water partition coefficient (Wildman–Crippen LogP) is 7.55. The number of nitrogens with two attached hydrogens (primary N) is 1. The summed E-state index contributed by atoms with van der Waals surface area (Å²) in [5, 5.41) is 0.803. The van der Waals surface area contributed by atoms with E-state index < -0.39 is 16.6 Å². The van der Waals surface area contributed by atoms with Crippen LogP contribution in [0.2, 0.25) is 0 Å². The highest BCUT2D eigenvalue weighted by Gasteiger charge is 2.24. The van der Waals surface area contributed by atoms with Gasteiger partial charge in [0.2, 0.25) is 5.88 Å². The minimum absolute atomic E-state index is 0.0207. The molecule has 11 heteroatoms. The number of anilines is 2. The number of pyridine rings is 3. The van der Waals surface area contributed by atoms with Crippen molar-refractivity contribution in [2.75, 3.05) is 17.6 Å². The fourth-order valence-electron chi connectivity index (χ4n) is 5.29. The molecular formula is C30H38FN5O4S. The summed E-state index contributed by atoms with van der Waals surface area (Å²) in [6.07, 6.45) is 7.65. The summed E-state index contributed by atoms with van der Waals surface area (Å²) in [7, 11) is -2.27. The number of methoxy groups -OCH3 is 1. The Hall–Kier alpha value is -3.67. The van der Waals surface area contributed by atoms with E-state index in [2.05, 4.69) is 14.7 Å². The van der Waals surface area contributed by atoms with Gasteiger partial charge in [0.15, 0.2) is 0 Å². The van der Waals surface area contributed by atoms with Crippen LogP contribution in [0.5, 0.6) is 5.88 Å². The molecule has 5 rings (SSSR count). The molecule has 220 valence electrons. The van der Waals surface area contributed by atoms with E-state index >= 15 is 0 Å². The topological polar surface area (TPSA) is 136 Å². The molecule has 1 saturated carbocycles. The van der Waals surface area contributed by atoms with Crippen LogP contribution in [0.25, 0.3) is 22.0 Å². The van der Waals surface area contributed by atoms with Gasteiger partial charge in [0, 0.05) is 40.5 Å². The van der Waals surface area contributed by atoms with Crippen molar-refractivity contribution in [2.24, 2.45) is 0 Å². The number of hydrogen-bond acceptors (Lipinski definition) is 8. The third kappa shape index (κ3) is 6.47. The van der Waals surface area contributed by atoms with Gasteiger partial charge in [0.25, 0.3) is 5.56 Å². The molecule has 0 atom stereocenters. The van der Waals surface area contributed by atoms with Crippen LogP contribution >= 0.6 is 10.8 Å². The van der Waals surface area contributed by atoms with Gasteiger partial charge in [-0.3, -0.25) is 18.6 Å². The first-order chi connectivity index (χ1) is 19.7. The van der Waals surface area contributed by atoms with E-state index in [1.54, 1.807) is 18.2 Å². The molecule has 0 radical (unpaired) electrons. The van der Waals surface area contributed by atoms with Gasteiger partial charge in [0.1, 0.15) is 17.3 Å². The molecule has 1 aliphatic rings. The molecule has 0 unspecified atom stereocenters. The number of ether oxygens (including phenoxy) is 1. The maximum Gasteiger partial charge on any atom is 0.259 e. The Bertz CT molecular complexity index is 1590. The van der Waals surface area contributed by atoms with Crippen LogP contribution < -0.4 is 20.8 Å². The summed E-state index contributed by atoms with van der Waals surface area (Å²) in [6, 6.07) is 10.2. The lowest BCUT2D eigenvalue weighted by Crippen LogP contribution is -2.27. The number of aromatic nitrogens is 3. The summed E-state index contributed by atoms with van der Waals surface area (Å²) in [4.78, 5) is 22.8. The van der Waals surface area contributed by atoms with Crippen molar-refractivity contribution in [1.29, 1.82) is 0 Å². The van der Waals surface area contributed by atoms with Crippen molar-refractivity contribution in [2.45, 2.75) is 70.2 Å². The molecule has 0 spiro atoms. The SMILES string of the molecule is CC.COc1ncc(-c2cc3c(C)nc(N)cc3n(C3CCCCCC3)c2=O)cc1NS(O)(O)c1cccc(F)c1. The number of nitrogens with zero attached hydrogens (tertiary/aromatic N) is 3. The highest BCUT2D eigenvalue weighted by atomic mass is 32.3. The number of nitrogens with one attached hydrogen (secondary N) is 1. The van der Waals surface area contributed by atoms with Crippen LogP contribution in [0, 0.1) is 12.7 Å². The fraction of sp³-hybridized carbons (Fsp3) is 0.367. The molecule has 0 aliphatic heterocycles. The van der Waals surface area contributed by atoms with E-state index in [4.69, 9.17) is 10.5 Å². The van der Waals surface area contributed by atoms with Crippen LogP contribution in [-0.2, 0) is 0 Å². The number of rotatable bonds is 6. The maximum absolute atomic E-state index is 14.1. The second-order valence-electron chi connectivity index (χ2n) is 9.83. The van der Waals surface area contributed by atoms with Gasteiger partial charge in [0.05, 0.1) is 17.5 Å². The Labute approximate surface area is 241 Å². The lowest BCUT2D eigenvalue weighted by molar-refractivity contribution is 0.400. The zero-order valence-corrected chi connectivity index (χ0v) is 24.7. The van der Waals surface area contributed by atoms with Gasteiger partial charge in [-0.1, -0.05) is 56.4 Å². The first-order valence-corrected chi connectivity index (χ1v) is 15.4. The Kier molecular flexibility index (Phi) is 9.52. The number of benzene rings is 1. The van der Waals surface area contributed by atoms with E-state index in [0.29, 0.717) is 22.6 Å². The number of fused-ring (bicyclic) bond motifs is 1. The van der Waals surface area contributed by atoms with Crippen molar-refractivity contribution < 1.29 is 18.2 Å². The molecule has 1 aliphatic carbocycles. The van der Waals surface area contributed by atoms with Crippen molar-refractivity contribution in [1.82, 2.24) is 14.5 Å². The van der Waals surface area contributed by atoms with Gasteiger partial charge in [-0.05, 0) is 50.1 Å². The predicted molar refractivity (Wildman–Crippen MR) is 164 cm³/mol. The minimum Gasteiger partial charge on any atom is -0.479 e. The maximum atomic E-state index is 14.1. The Morgan fingerprint density at radius 1 is 1.10 bits per heavy atom. The zero-order valence-electron chi connectivity index (χ0n) is 23.9. The van der Waals surface area contributed by atoms with Crippen molar-refractivity contribution >= 4 is 33.2 Å². The summed E-state index contributed by atoms with van der Waals surface area (Å²) >= 11 is 0. The average molecular weight is 584 g/mol. The molecule has 4 aromatic rings. The second kappa shape index (κ2) is 12.9. The normalized spacial score (nSPS) is 14.6. The van der Waals surface area contributed by atoms with Gasteiger partial charge < -0.3 is 15.0 Å². The highest BCUT2D eigenvalue weighted by Crippen LogP contribution is 2.49. The molecular weight excluding hydrogens is 545 g/mol. The fourth-order valence-corrected chi connectivity index (χ4v) is 6.41. The molecule has 9 nitrogen and oxygen atoms in total. The van der Waals surface area contributed by atoms with Gasteiger partial charge in [-0.15, -0.1) is 0 Å². The summed E-state index contributed by atoms with van der Waals surface area (Å²) in [5.74, 6) is -0.159. The van der Waals surface area contributed by atoms with Crippen LogP contribution in [0.15, 0.2) is 58.4 Å². The number of halogens is 1. The largest absolute Gasteiger partial charge is 0.479 e. The van der Waals surface area contributed by atoms with Gasteiger partial charge in [-0.25, -0.2) is 14.4 Å². The lowest BCUT2D eigenvalue weighted by atomic mass is 10.0. The quantitative estimate of drug-likeness (QED) is 0.171. The summed E-state index contributed by atoms with van der Waals surface area (Å²) in [5.41, 5.74) is 8.35. The van der Waals surface area contributed by atoms with E-state index in [-0.39, 0.29) is 28.1 Å². The third-order valence-electron chi connectivity index (χ3n) is 7.17. The van der Waals surface area contributed by atoms with Gasteiger partial charge >= 0.3 is 0 Å². The van der Waals surface area contributed by atoms with E-state index in [0.717, 1.165) is 55.5 Å². The molecule has 0 saturated heterocycles. The molecule has 3 heterocycles. The number of hydrogen-bond donors (Lipinski definition) is 4. The Morgan fingerprint density at radius 2 is 1.80 bits per heavy atom. The zero-order chi connectivity index (χ0) is 29.7. The molecule has 1 aromatic carbocycles. The standard InChI is InChI=1S/C28H32FN5O4S.C2H6/c1-17-22-14-23(28(35)34(25(22)15-26(30)32-17)20-9-5-3-4-6-10-20)18-12-24(27(38-2)31-16-18)33-39(36,37)21-11-7-8-19(29)13-21;1-2/h7-8,11-16,20,33,36-37H,3-6,9-10H2,1-2H3,(H2,30,32);1-2H3. The lowest BCUT2D eigenvalue weighted by Gasteiger charge is -2.34. The molecule has 41 heavy (non-hydrogen) atoms. The van der Waals surface area contributed by atoms with Crippen LogP contribution in [0.3, 0.4) is 0 Å². The highest BCUT2D eigenvalue weighted by molar-refractivity contribution is 8.25. The molecule has 0 amide bonds. The van der Waals surface area contributed by atoms with Gasteiger partial charge in [-0.2, -0.15) is 0 Å². The Balaban J connectivity index is 0.00000189. The van der Waals surface area contributed by atoms with E-state index in [1.165, 1.54) is 31.5 Å². The summed E-state index contributed by atoms with van der Waals surface area (Å²) in [6.45, 7) is 5.86. The van der Waals surface area contributed by atoms with Crippen molar-refractivity contribution in [3.8, 4) is 17.0 Å². The summed E-state index contributed by atoms with van der Waals surface area (Å²) < 4.78 is 45.3. The molecule has 3 aromatic heterocycles. The third-order valence-corrected chi connectivity index (χ3v) is 8.58. The molecule has 1 fully saturated rings. The minimum atomic E-state index is -3.67. The number of aryl methyl sites for hydroxylation is 1. The second-order valence-corrected chi connectivity index (χ2v) is 11.6. The van der Waals surface area contributed by atoms with Crippen molar-refractivity contribution in [3.63, 3.8) is 0 Å². The smallest absolute Gasteiger partial charge is 0.259 e. The molecule has 5 N–H and O–H groups in total. The van der Waals surface area contributed by atoms with Crippen LogP contribution in [0.4, 0.5) is 15.9 Å². The monoisotopic (exact) mass is 583 g/mol. The number of nitrogen functional groups attached to an aromatic ring is 1. The first-order valence-electron chi connectivity index (χ1n) is 13.9. The van der Waals surface area contributed by atoms with Crippen molar-refractivity contribution in [3.05, 3.63) is 70.5 Å². The van der Waals surface area contributed by atoms with Crippen LogP contribution in [0.1, 0.15) is 64.1 Å². The molecule has 0 bridgehead atoms. The van der Waals surface area contributed by atoms with E-state index in [9.17, 15) is 18.3 Å². The Morgan fingerprint density at radius 3 is 2.46 bits per heavy atom. The first kappa shape index (κ1) is 30.3. The van der Waals surface area contributed by atoms with Crippen LogP contribution in [-0.4, -0.2) is 30.8 Å². The average Bonchev–Trinajstić information content (AvgIpc) is 3.23.